The van der Waals surface area contributed by atoms with E-state index in [-0.39, 0.29) is 5.91 Å². The third-order valence-corrected chi connectivity index (χ3v) is 6.83. The van der Waals surface area contributed by atoms with E-state index in [0.29, 0.717) is 29.9 Å². The fourth-order valence-electron chi connectivity index (χ4n) is 3.82. The minimum Gasteiger partial charge on any atom is -0.431 e. The van der Waals surface area contributed by atoms with Crippen LogP contribution in [0.5, 0.6) is 5.19 Å². The van der Waals surface area contributed by atoms with Gasteiger partial charge in [0.05, 0.1) is 22.1 Å². The van der Waals surface area contributed by atoms with E-state index in [1.54, 1.807) is 18.5 Å². The van der Waals surface area contributed by atoms with E-state index in [9.17, 15) is 4.79 Å². The predicted octanol–water partition coefficient (Wildman–Crippen LogP) is 4.88. The van der Waals surface area contributed by atoms with Gasteiger partial charge in [-0.2, -0.15) is 0 Å². The van der Waals surface area contributed by atoms with Gasteiger partial charge in [-0.05, 0) is 50.1 Å². The molecule has 0 saturated carbocycles. The smallest absolute Gasteiger partial charge is 0.279 e. The molecule has 182 valence electrons. The normalized spacial score (nSPS) is 16.1. The van der Waals surface area contributed by atoms with Crippen molar-refractivity contribution >= 4 is 27.5 Å². The quantitative estimate of drug-likeness (QED) is 0.315. The maximum atomic E-state index is 12.6. The number of aryl methyl sites for hydroxylation is 1. The molecule has 2 aromatic heterocycles. The van der Waals surface area contributed by atoms with Crippen molar-refractivity contribution in [3.8, 4) is 5.19 Å². The molecule has 1 aliphatic rings. The first-order valence-electron chi connectivity index (χ1n) is 11.9. The van der Waals surface area contributed by atoms with Crippen LogP contribution in [0, 0.1) is 12.8 Å². The molecule has 1 unspecified atom stereocenters. The van der Waals surface area contributed by atoms with Crippen molar-refractivity contribution in [1.29, 1.82) is 0 Å². The maximum Gasteiger partial charge on any atom is 0.279 e. The van der Waals surface area contributed by atoms with Gasteiger partial charge in [0.2, 0.25) is 0 Å². The summed E-state index contributed by atoms with van der Waals surface area (Å²) in [6, 6.07) is 8.01. The van der Waals surface area contributed by atoms with Gasteiger partial charge in [0, 0.05) is 32.4 Å². The molecule has 1 fully saturated rings. The molecule has 0 N–H and O–H groups in total. The molecule has 35 heavy (non-hydrogen) atoms. The summed E-state index contributed by atoms with van der Waals surface area (Å²) in [6.45, 7) is 12.0. The minimum absolute atomic E-state index is 0.0388. The van der Waals surface area contributed by atoms with Gasteiger partial charge in [0.1, 0.15) is 11.5 Å². The number of carbonyl (C=O) groups excluding carboxylic acids is 1. The minimum atomic E-state index is -0.0388. The highest BCUT2D eigenvalue weighted by Gasteiger charge is 2.23. The number of para-hydroxylation sites is 1. The number of carbonyl (C=O) groups is 1. The van der Waals surface area contributed by atoms with E-state index in [2.05, 4.69) is 39.4 Å². The molecule has 3 heterocycles. The Morgan fingerprint density at radius 1 is 1.20 bits per heavy atom. The Bertz CT molecular complexity index is 1180. The summed E-state index contributed by atoms with van der Waals surface area (Å²) < 4.78 is 7.12. The standard InChI is InChI=1S/C27H31N5O2S/c1-4-7-22(34-27-30-23-8-5-6-9-25(23)35-27)11-10-20(2)12-13-31-14-16-32(17-15-31)26(33)24-19-28-21(3)18-29-24/h4-11,18-20H,1,12-17H2,2-3H3/b11-10-,22-7+. The van der Waals surface area contributed by atoms with Crippen LogP contribution < -0.4 is 4.74 Å². The third-order valence-electron chi connectivity index (χ3n) is 5.91. The molecule has 0 radical (unpaired) electrons. The molecule has 4 rings (SSSR count). The van der Waals surface area contributed by atoms with Crippen LogP contribution in [-0.2, 0) is 0 Å². The summed E-state index contributed by atoms with van der Waals surface area (Å²) >= 11 is 1.53. The van der Waals surface area contributed by atoms with Crippen LogP contribution >= 0.6 is 11.3 Å². The number of thiazole rings is 1. The van der Waals surface area contributed by atoms with Gasteiger partial charge in [-0.1, -0.05) is 49.1 Å². The lowest BCUT2D eigenvalue weighted by atomic mass is 10.1. The summed E-state index contributed by atoms with van der Waals surface area (Å²) in [6.07, 6.45) is 12.0. The molecule has 1 aromatic carbocycles. The van der Waals surface area contributed by atoms with Crippen LogP contribution in [0.4, 0.5) is 0 Å². The van der Waals surface area contributed by atoms with Crippen molar-refractivity contribution in [1.82, 2.24) is 24.8 Å². The zero-order chi connectivity index (χ0) is 24.6. The van der Waals surface area contributed by atoms with E-state index < -0.39 is 0 Å². The van der Waals surface area contributed by atoms with Crippen LogP contribution in [-0.4, -0.2) is 63.4 Å². The molecule has 1 saturated heterocycles. The van der Waals surface area contributed by atoms with Gasteiger partial charge >= 0.3 is 0 Å². The van der Waals surface area contributed by atoms with E-state index in [0.717, 1.165) is 47.7 Å². The Labute approximate surface area is 210 Å². The summed E-state index contributed by atoms with van der Waals surface area (Å²) in [4.78, 5) is 29.9. The number of rotatable bonds is 9. The zero-order valence-electron chi connectivity index (χ0n) is 20.3. The van der Waals surface area contributed by atoms with Crippen molar-refractivity contribution in [2.45, 2.75) is 20.3 Å². The molecule has 1 atom stereocenters. The lowest BCUT2D eigenvalue weighted by Crippen LogP contribution is -2.49. The number of benzene rings is 1. The summed E-state index contributed by atoms with van der Waals surface area (Å²) in [5, 5.41) is 0.626. The van der Waals surface area contributed by atoms with Crippen molar-refractivity contribution < 1.29 is 9.53 Å². The van der Waals surface area contributed by atoms with Crippen molar-refractivity contribution in [3.05, 3.63) is 84.7 Å². The van der Waals surface area contributed by atoms with Crippen molar-refractivity contribution in [3.63, 3.8) is 0 Å². The number of nitrogens with zero attached hydrogens (tertiary/aromatic N) is 5. The monoisotopic (exact) mass is 489 g/mol. The molecule has 0 spiro atoms. The van der Waals surface area contributed by atoms with Gasteiger partial charge < -0.3 is 9.64 Å². The van der Waals surface area contributed by atoms with Crippen LogP contribution in [0.2, 0.25) is 0 Å². The Balaban J connectivity index is 1.23. The van der Waals surface area contributed by atoms with E-state index in [1.807, 2.05) is 48.2 Å². The number of allylic oxidation sites excluding steroid dienone is 4. The number of fused-ring (bicyclic) bond motifs is 1. The lowest BCUT2D eigenvalue weighted by molar-refractivity contribution is 0.0626. The molecule has 1 aliphatic heterocycles. The second kappa shape index (κ2) is 11.9. The first-order valence-corrected chi connectivity index (χ1v) is 12.7. The number of hydrogen-bond acceptors (Lipinski definition) is 7. The fourth-order valence-corrected chi connectivity index (χ4v) is 4.65. The largest absolute Gasteiger partial charge is 0.431 e. The van der Waals surface area contributed by atoms with Crippen LogP contribution in [0.15, 0.2) is 73.3 Å². The fraction of sp³-hybridized carbons (Fsp3) is 0.333. The van der Waals surface area contributed by atoms with E-state index >= 15 is 0 Å². The average Bonchev–Trinajstić information content (AvgIpc) is 3.29. The number of amides is 1. The molecular weight excluding hydrogens is 458 g/mol. The number of hydrogen-bond donors (Lipinski definition) is 0. The molecular formula is C27H31N5O2S. The topological polar surface area (TPSA) is 71.5 Å². The highest BCUT2D eigenvalue weighted by atomic mass is 32.1. The predicted molar refractivity (Wildman–Crippen MR) is 141 cm³/mol. The van der Waals surface area contributed by atoms with Crippen molar-refractivity contribution in [2.24, 2.45) is 5.92 Å². The highest BCUT2D eigenvalue weighted by molar-refractivity contribution is 7.20. The van der Waals surface area contributed by atoms with Gasteiger partial charge in [-0.3, -0.25) is 14.7 Å². The third kappa shape index (κ3) is 6.83. The Kier molecular flexibility index (Phi) is 8.39. The van der Waals surface area contributed by atoms with Gasteiger partial charge in [0.15, 0.2) is 0 Å². The van der Waals surface area contributed by atoms with Crippen LogP contribution in [0.1, 0.15) is 29.5 Å². The van der Waals surface area contributed by atoms with E-state index in [4.69, 9.17) is 4.74 Å². The van der Waals surface area contributed by atoms with E-state index in [1.165, 1.54) is 11.3 Å². The van der Waals surface area contributed by atoms with Gasteiger partial charge in [-0.25, -0.2) is 9.97 Å². The zero-order valence-corrected chi connectivity index (χ0v) is 21.1. The first-order chi connectivity index (χ1) is 17.0. The molecule has 0 aliphatic carbocycles. The van der Waals surface area contributed by atoms with Crippen LogP contribution in [0.3, 0.4) is 0 Å². The van der Waals surface area contributed by atoms with Crippen LogP contribution in [0.25, 0.3) is 10.2 Å². The Hall–Kier alpha value is -3.36. The number of ether oxygens (including phenoxy) is 1. The lowest BCUT2D eigenvalue weighted by Gasteiger charge is -2.34. The summed E-state index contributed by atoms with van der Waals surface area (Å²) in [5.74, 6) is 1.06. The second-order valence-corrected chi connectivity index (χ2v) is 9.65. The molecule has 0 bridgehead atoms. The molecule has 1 amide bonds. The molecule has 3 aromatic rings. The molecule has 7 nitrogen and oxygen atoms in total. The SMILES string of the molecule is C=C/C=C(\C=C/C(C)CCN1CCN(C(=O)c2cnc(C)cn2)CC1)Oc1nc2ccccc2s1. The van der Waals surface area contributed by atoms with Gasteiger partial charge in [-0.15, -0.1) is 0 Å². The number of aromatic nitrogens is 3. The highest BCUT2D eigenvalue weighted by Crippen LogP contribution is 2.29. The maximum absolute atomic E-state index is 12.6. The van der Waals surface area contributed by atoms with Gasteiger partial charge in [0.25, 0.3) is 11.1 Å². The average molecular weight is 490 g/mol. The summed E-state index contributed by atoms with van der Waals surface area (Å²) in [5.41, 5.74) is 2.17. The first kappa shape index (κ1) is 24.8. The second-order valence-electron chi connectivity index (χ2n) is 8.66. The number of piperazine rings is 1. The Morgan fingerprint density at radius 2 is 2.00 bits per heavy atom. The summed E-state index contributed by atoms with van der Waals surface area (Å²) in [7, 11) is 0. The molecule has 8 heteroatoms. The van der Waals surface area contributed by atoms with Crippen molar-refractivity contribution in [2.75, 3.05) is 32.7 Å². The Morgan fingerprint density at radius 3 is 2.71 bits per heavy atom.